The summed E-state index contributed by atoms with van der Waals surface area (Å²) in [7, 11) is -1.36. The molecule has 1 aromatic rings. The van der Waals surface area contributed by atoms with Crippen LogP contribution in [0.2, 0.25) is 0 Å². The number of aryl methyl sites for hydroxylation is 1. The van der Waals surface area contributed by atoms with Gasteiger partial charge < -0.3 is 15.7 Å². The minimum absolute atomic E-state index is 0.0773. The van der Waals surface area contributed by atoms with E-state index in [0.29, 0.717) is 37.6 Å². The minimum atomic E-state index is -3.15. The van der Waals surface area contributed by atoms with E-state index in [-0.39, 0.29) is 12.3 Å². The van der Waals surface area contributed by atoms with Crippen LogP contribution in [-0.4, -0.2) is 61.2 Å². The first-order valence-corrected chi connectivity index (χ1v) is 10.1. The van der Waals surface area contributed by atoms with Gasteiger partial charge in [0.25, 0.3) is 0 Å². The fraction of sp³-hybridized carbons (Fsp3) is 0.733. The minimum Gasteiger partial charge on any atom is -0.383 e. The molecule has 1 unspecified atom stereocenters. The summed E-state index contributed by atoms with van der Waals surface area (Å²) >= 11 is 0. The molecule has 0 saturated heterocycles. The van der Waals surface area contributed by atoms with E-state index in [4.69, 9.17) is 0 Å². The zero-order valence-corrected chi connectivity index (χ0v) is 16.2. The van der Waals surface area contributed by atoms with Gasteiger partial charge in [-0.1, -0.05) is 0 Å². The second-order valence-corrected chi connectivity index (χ2v) is 8.05. The second-order valence-electron chi connectivity index (χ2n) is 5.95. The molecule has 9 nitrogen and oxygen atoms in total. The van der Waals surface area contributed by atoms with Crippen molar-refractivity contribution in [2.24, 2.45) is 12.0 Å². The average molecular weight is 375 g/mol. The Balaban J connectivity index is 2.51. The van der Waals surface area contributed by atoms with Crippen molar-refractivity contribution in [1.82, 2.24) is 25.1 Å². The number of nitrogens with one attached hydrogen (secondary N) is 3. The van der Waals surface area contributed by atoms with Gasteiger partial charge in [0.05, 0.1) is 18.5 Å². The van der Waals surface area contributed by atoms with Crippen molar-refractivity contribution in [3.63, 3.8) is 0 Å². The Hall–Kier alpha value is -1.65. The maximum absolute atomic E-state index is 11.3. The smallest absolute Gasteiger partial charge is 0.211 e. The molecule has 1 heterocycles. The highest BCUT2D eigenvalue weighted by molar-refractivity contribution is 7.89. The summed E-state index contributed by atoms with van der Waals surface area (Å²) in [5.41, 5.74) is -0.420. The first-order valence-electron chi connectivity index (χ1n) is 8.41. The molecule has 0 aliphatic rings. The molecular weight excluding hydrogens is 344 g/mol. The summed E-state index contributed by atoms with van der Waals surface area (Å²) in [4.78, 5) is 4.40. The van der Waals surface area contributed by atoms with Crippen molar-refractivity contribution < 1.29 is 13.5 Å². The van der Waals surface area contributed by atoms with Crippen LogP contribution in [0.3, 0.4) is 0 Å². The normalized spacial score (nSPS) is 15.0. The third-order valence-electron chi connectivity index (χ3n) is 3.56. The van der Waals surface area contributed by atoms with Gasteiger partial charge in [0.1, 0.15) is 5.60 Å². The first-order chi connectivity index (χ1) is 11.7. The van der Waals surface area contributed by atoms with E-state index >= 15 is 0 Å². The highest BCUT2D eigenvalue weighted by Crippen LogP contribution is 2.19. The zero-order valence-electron chi connectivity index (χ0n) is 15.4. The predicted molar refractivity (Wildman–Crippen MR) is 98.8 cm³/mol. The third-order valence-corrected chi connectivity index (χ3v) is 4.97. The molecule has 0 amide bonds. The van der Waals surface area contributed by atoms with Gasteiger partial charge in [0.15, 0.2) is 5.96 Å². The number of guanidine groups is 1. The standard InChI is InChI=1S/C15H30N6O3S/c1-5-16-14(17-8-7-9-20-25(23,24)6-2)18-12-15(3,22)13-10-19-21(4)11-13/h10-11,20,22H,5-9,12H2,1-4H3,(H2,16,17,18). The number of aliphatic imine (C=N–C) groups is 1. The van der Waals surface area contributed by atoms with Crippen LogP contribution in [0.1, 0.15) is 32.8 Å². The Morgan fingerprint density at radius 3 is 2.64 bits per heavy atom. The Labute approximate surface area is 150 Å². The van der Waals surface area contributed by atoms with Gasteiger partial charge in [-0.15, -0.1) is 0 Å². The van der Waals surface area contributed by atoms with E-state index in [2.05, 4.69) is 25.4 Å². The van der Waals surface area contributed by atoms with Crippen molar-refractivity contribution in [2.75, 3.05) is 31.9 Å². The molecule has 144 valence electrons. The molecule has 0 fully saturated rings. The summed E-state index contributed by atoms with van der Waals surface area (Å²) in [5.74, 6) is 0.651. The van der Waals surface area contributed by atoms with Crippen LogP contribution in [0.25, 0.3) is 0 Å². The molecule has 0 radical (unpaired) electrons. The molecule has 1 rings (SSSR count). The van der Waals surface area contributed by atoms with Gasteiger partial charge in [-0.3, -0.25) is 4.68 Å². The fourth-order valence-corrected chi connectivity index (χ4v) is 2.65. The predicted octanol–water partition coefficient (Wildman–Crippen LogP) is -0.488. The van der Waals surface area contributed by atoms with Crippen LogP contribution in [0.4, 0.5) is 0 Å². The lowest BCUT2D eigenvalue weighted by molar-refractivity contribution is 0.0672. The zero-order chi connectivity index (χ0) is 18.9. The summed E-state index contributed by atoms with van der Waals surface area (Å²) in [6, 6.07) is 0. The molecule has 0 saturated carbocycles. The number of sulfonamides is 1. The van der Waals surface area contributed by atoms with Crippen molar-refractivity contribution in [3.05, 3.63) is 18.0 Å². The van der Waals surface area contributed by atoms with Crippen molar-refractivity contribution in [1.29, 1.82) is 0 Å². The molecule has 0 spiro atoms. The Bertz CT molecular complexity index is 654. The van der Waals surface area contributed by atoms with Crippen molar-refractivity contribution >= 4 is 16.0 Å². The average Bonchev–Trinajstić information content (AvgIpc) is 2.99. The molecule has 0 aliphatic carbocycles. The number of aromatic nitrogens is 2. The van der Waals surface area contributed by atoms with Gasteiger partial charge >= 0.3 is 0 Å². The van der Waals surface area contributed by atoms with E-state index in [0.717, 1.165) is 0 Å². The van der Waals surface area contributed by atoms with Gasteiger partial charge in [0, 0.05) is 38.4 Å². The lowest BCUT2D eigenvalue weighted by Gasteiger charge is -2.20. The lowest BCUT2D eigenvalue weighted by atomic mass is 10.0. The van der Waals surface area contributed by atoms with E-state index in [1.807, 2.05) is 6.92 Å². The molecule has 0 aromatic carbocycles. The van der Waals surface area contributed by atoms with Crippen LogP contribution in [-0.2, 0) is 22.7 Å². The molecule has 0 aliphatic heterocycles. The van der Waals surface area contributed by atoms with Crippen LogP contribution < -0.4 is 15.4 Å². The van der Waals surface area contributed by atoms with Crippen LogP contribution >= 0.6 is 0 Å². The lowest BCUT2D eigenvalue weighted by Crippen LogP contribution is -2.40. The monoisotopic (exact) mass is 374 g/mol. The van der Waals surface area contributed by atoms with E-state index < -0.39 is 15.6 Å². The number of aliphatic hydroxyl groups is 1. The molecular formula is C15H30N6O3S. The maximum Gasteiger partial charge on any atom is 0.211 e. The molecule has 10 heteroatoms. The summed E-state index contributed by atoms with van der Waals surface area (Å²) < 4.78 is 26.8. The highest BCUT2D eigenvalue weighted by atomic mass is 32.2. The number of hydrogen-bond acceptors (Lipinski definition) is 5. The van der Waals surface area contributed by atoms with Gasteiger partial charge in [-0.25, -0.2) is 18.1 Å². The highest BCUT2D eigenvalue weighted by Gasteiger charge is 2.24. The molecule has 1 aromatic heterocycles. The summed E-state index contributed by atoms with van der Waals surface area (Å²) in [6.07, 6.45) is 4.01. The summed E-state index contributed by atoms with van der Waals surface area (Å²) in [6.45, 7) is 7.04. The summed E-state index contributed by atoms with van der Waals surface area (Å²) in [5, 5.41) is 20.8. The quantitative estimate of drug-likeness (QED) is 0.249. The van der Waals surface area contributed by atoms with Crippen LogP contribution in [0.15, 0.2) is 17.4 Å². The molecule has 25 heavy (non-hydrogen) atoms. The SMILES string of the molecule is CCNC(=NCC(C)(O)c1cnn(C)c1)NCCCNS(=O)(=O)CC. The van der Waals surface area contributed by atoms with Crippen LogP contribution in [0.5, 0.6) is 0 Å². The molecule has 0 bridgehead atoms. The van der Waals surface area contributed by atoms with Crippen molar-refractivity contribution in [3.8, 4) is 0 Å². The van der Waals surface area contributed by atoms with Gasteiger partial charge in [-0.2, -0.15) is 5.10 Å². The Morgan fingerprint density at radius 1 is 1.36 bits per heavy atom. The largest absolute Gasteiger partial charge is 0.383 e. The topological polar surface area (TPSA) is 121 Å². The van der Waals surface area contributed by atoms with Gasteiger partial charge in [-0.05, 0) is 27.2 Å². The Morgan fingerprint density at radius 2 is 2.08 bits per heavy atom. The number of rotatable bonds is 10. The number of hydrogen-bond donors (Lipinski definition) is 4. The van der Waals surface area contributed by atoms with Crippen molar-refractivity contribution in [2.45, 2.75) is 32.8 Å². The molecule has 1 atom stereocenters. The molecule has 4 N–H and O–H groups in total. The van der Waals surface area contributed by atoms with E-state index in [1.54, 1.807) is 38.0 Å². The Kier molecular flexibility index (Phi) is 8.33. The first kappa shape index (κ1) is 21.4. The van der Waals surface area contributed by atoms with Crippen LogP contribution in [0, 0.1) is 0 Å². The van der Waals surface area contributed by atoms with E-state index in [9.17, 15) is 13.5 Å². The maximum atomic E-state index is 11.3. The van der Waals surface area contributed by atoms with E-state index in [1.165, 1.54) is 0 Å². The second kappa shape index (κ2) is 9.73. The van der Waals surface area contributed by atoms with Gasteiger partial charge in [0.2, 0.25) is 10.0 Å². The number of nitrogens with zero attached hydrogens (tertiary/aromatic N) is 3. The fourth-order valence-electron chi connectivity index (χ4n) is 1.99. The third kappa shape index (κ3) is 7.84.